The minimum absolute atomic E-state index is 0.0343. The molecule has 1 heterocycles. The first kappa shape index (κ1) is 11.6. The SMILES string of the molecule is C[C@H]1CC12CC1(CC1)c1cc(C(F)(F)F)ccc1N2. The van der Waals surface area contributed by atoms with Crippen molar-refractivity contribution in [2.45, 2.75) is 49.7 Å². The van der Waals surface area contributed by atoms with Gasteiger partial charge in [-0.3, -0.25) is 0 Å². The lowest BCUT2D eigenvalue weighted by atomic mass is 9.81. The molecule has 0 amide bonds. The third kappa shape index (κ3) is 1.55. The first-order chi connectivity index (χ1) is 8.85. The molecule has 102 valence electrons. The summed E-state index contributed by atoms with van der Waals surface area (Å²) in [6.07, 6.45) is -0.00722. The van der Waals surface area contributed by atoms with Crippen LogP contribution in [0, 0.1) is 5.92 Å². The molecule has 0 bridgehead atoms. The van der Waals surface area contributed by atoms with E-state index in [0.717, 1.165) is 36.9 Å². The largest absolute Gasteiger partial charge is 0.416 e. The molecule has 19 heavy (non-hydrogen) atoms. The Kier molecular flexibility index (Phi) is 1.90. The predicted molar refractivity (Wildman–Crippen MR) is 67.1 cm³/mol. The van der Waals surface area contributed by atoms with Gasteiger partial charge in [-0.15, -0.1) is 0 Å². The van der Waals surface area contributed by atoms with Crippen molar-refractivity contribution < 1.29 is 13.2 Å². The number of hydrogen-bond acceptors (Lipinski definition) is 1. The zero-order valence-corrected chi connectivity index (χ0v) is 10.8. The van der Waals surface area contributed by atoms with Crippen molar-refractivity contribution in [3.8, 4) is 0 Å². The molecule has 3 aliphatic rings. The Morgan fingerprint density at radius 3 is 2.47 bits per heavy atom. The second kappa shape index (κ2) is 3.10. The van der Waals surface area contributed by atoms with Crippen LogP contribution in [0.25, 0.3) is 0 Å². The number of hydrogen-bond donors (Lipinski definition) is 1. The van der Waals surface area contributed by atoms with Gasteiger partial charge in [0, 0.05) is 11.2 Å². The highest BCUT2D eigenvalue weighted by Crippen LogP contribution is 2.65. The average Bonchev–Trinajstić information content (AvgIpc) is 3.19. The van der Waals surface area contributed by atoms with Gasteiger partial charge < -0.3 is 5.32 Å². The van der Waals surface area contributed by atoms with Crippen LogP contribution < -0.4 is 5.32 Å². The Labute approximate surface area is 110 Å². The Bertz CT molecular complexity index is 559. The molecule has 2 spiro atoms. The van der Waals surface area contributed by atoms with E-state index < -0.39 is 11.7 Å². The van der Waals surface area contributed by atoms with Crippen LogP contribution >= 0.6 is 0 Å². The maximum Gasteiger partial charge on any atom is 0.416 e. The van der Waals surface area contributed by atoms with Gasteiger partial charge in [-0.25, -0.2) is 0 Å². The molecule has 4 rings (SSSR count). The van der Waals surface area contributed by atoms with Crippen LogP contribution in [-0.4, -0.2) is 5.54 Å². The van der Waals surface area contributed by atoms with Crippen molar-refractivity contribution >= 4 is 5.69 Å². The first-order valence-corrected chi connectivity index (χ1v) is 6.85. The highest BCUT2D eigenvalue weighted by molar-refractivity contribution is 5.64. The van der Waals surface area contributed by atoms with E-state index in [0.29, 0.717) is 5.92 Å². The molecule has 0 radical (unpaired) electrons. The molecule has 2 fully saturated rings. The van der Waals surface area contributed by atoms with Crippen LogP contribution in [0.1, 0.15) is 43.7 Å². The van der Waals surface area contributed by atoms with Crippen LogP contribution in [0.2, 0.25) is 0 Å². The molecule has 1 unspecified atom stereocenters. The second-order valence-electron chi connectivity index (χ2n) is 6.60. The van der Waals surface area contributed by atoms with Crippen molar-refractivity contribution in [2.75, 3.05) is 5.32 Å². The third-order valence-electron chi connectivity index (χ3n) is 5.26. The maximum atomic E-state index is 12.8. The number of fused-ring (bicyclic) bond motifs is 2. The van der Waals surface area contributed by atoms with Crippen LogP contribution in [0.15, 0.2) is 18.2 Å². The van der Waals surface area contributed by atoms with Gasteiger partial charge in [0.15, 0.2) is 0 Å². The Hall–Kier alpha value is -1.19. The van der Waals surface area contributed by atoms with Crippen molar-refractivity contribution in [3.63, 3.8) is 0 Å². The van der Waals surface area contributed by atoms with E-state index in [2.05, 4.69) is 12.2 Å². The molecular formula is C15H16F3N. The minimum Gasteiger partial charge on any atom is -0.379 e. The van der Waals surface area contributed by atoms with Gasteiger partial charge in [0.25, 0.3) is 0 Å². The third-order valence-corrected chi connectivity index (χ3v) is 5.26. The van der Waals surface area contributed by atoms with Gasteiger partial charge in [-0.2, -0.15) is 13.2 Å². The molecule has 1 aromatic rings. The van der Waals surface area contributed by atoms with Gasteiger partial charge in [0.2, 0.25) is 0 Å². The van der Waals surface area contributed by atoms with Gasteiger partial charge in [0.1, 0.15) is 0 Å². The van der Waals surface area contributed by atoms with E-state index in [1.165, 1.54) is 12.1 Å². The summed E-state index contributed by atoms with van der Waals surface area (Å²) in [4.78, 5) is 0. The fourth-order valence-electron chi connectivity index (χ4n) is 3.78. The summed E-state index contributed by atoms with van der Waals surface area (Å²) in [5.41, 5.74) is 1.52. The zero-order chi connectivity index (χ0) is 13.5. The van der Waals surface area contributed by atoms with Crippen LogP contribution in [0.3, 0.4) is 0 Å². The van der Waals surface area contributed by atoms with Gasteiger partial charge in [-0.1, -0.05) is 6.92 Å². The fourth-order valence-corrected chi connectivity index (χ4v) is 3.78. The second-order valence-corrected chi connectivity index (χ2v) is 6.60. The van der Waals surface area contributed by atoms with Crippen molar-refractivity contribution in [2.24, 2.45) is 5.92 Å². The highest BCUT2D eigenvalue weighted by atomic mass is 19.4. The van der Waals surface area contributed by atoms with Crippen LogP contribution in [0.4, 0.5) is 18.9 Å². The first-order valence-electron chi connectivity index (χ1n) is 6.85. The topological polar surface area (TPSA) is 12.0 Å². The summed E-state index contributed by atoms with van der Waals surface area (Å²) in [6, 6.07) is 4.20. The number of benzene rings is 1. The number of anilines is 1. The Morgan fingerprint density at radius 2 is 1.95 bits per heavy atom. The van der Waals surface area contributed by atoms with Crippen LogP contribution in [0.5, 0.6) is 0 Å². The summed E-state index contributed by atoms with van der Waals surface area (Å²) in [5, 5.41) is 3.50. The molecule has 2 atom stereocenters. The molecule has 1 N–H and O–H groups in total. The van der Waals surface area contributed by atoms with Crippen molar-refractivity contribution in [1.82, 2.24) is 0 Å². The molecule has 0 aromatic heterocycles. The lowest BCUT2D eigenvalue weighted by Crippen LogP contribution is -2.35. The normalized spacial score (nSPS) is 34.0. The van der Waals surface area contributed by atoms with Crippen molar-refractivity contribution in [3.05, 3.63) is 29.3 Å². The number of halogens is 3. The van der Waals surface area contributed by atoms with Crippen molar-refractivity contribution in [1.29, 1.82) is 0 Å². The maximum absolute atomic E-state index is 12.8. The minimum atomic E-state index is -4.24. The lowest BCUT2D eigenvalue weighted by Gasteiger charge is -2.35. The predicted octanol–water partition coefficient (Wildman–Crippen LogP) is 4.33. The van der Waals surface area contributed by atoms with E-state index >= 15 is 0 Å². The fraction of sp³-hybridized carbons (Fsp3) is 0.600. The monoisotopic (exact) mass is 267 g/mol. The quantitative estimate of drug-likeness (QED) is 0.737. The number of nitrogens with one attached hydrogen (secondary N) is 1. The smallest absolute Gasteiger partial charge is 0.379 e. The van der Waals surface area contributed by atoms with E-state index in [1.807, 2.05) is 0 Å². The Balaban J connectivity index is 1.80. The summed E-state index contributed by atoms with van der Waals surface area (Å²) in [7, 11) is 0. The number of rotatable bonds is 0. The molecule has 4 heteroatoms. The molecule has 1 nitrogen and oxygen atoms in total. The number of alkyl halides is 3. The molecule has 1 aromatic carbocycles. The molecular weight excluding hydrogens is 251 g/mol. The van der Waals surface area contributed by atoms with Gasteiger partial charge in [0.05, 0.1) is 5.56 Å². The molecule has 1 aliphatic heterocycles. The molecule has 0 saturated heterocycles. The summed E-state index contributed by atoms with van der Waals surface area (Å²) in [5.74, 6) is 0.639. The van der Waals surface area contributed by atoms with E-state index in [-0.39, 0.29) is 11.0 Å². The summed E-state index contributed by atoms with van der Waals surface area (Å²) < 4.78 is 38.5. The average molecular weight is 267 g/mol. The summed E-state index contributed by atoms with van der Waals surface area (Å²) >= 11 is 0. The van der Waals surface area contributed by atoms with Crippen LogP contribution in [-0.2, 0) is 11.6 Å². The zero-order valence-electron chi connectivity index (χ0n) is 10.8. The van der Waals surface area contributed by atoms with E-state index in [1.54, 1.807) is 6.07 Å². The van der Waals surface area contributed by atoms with E-state index in [4.69, 9.17) is 0 Å². The lowest BCUT2D eigenvalue weighted by molar-refractivity contribution is -0.137. The standard InChI is InChI=1S/C15H16F3N/c1-9-7-14(9)8-13(4-5-13)11-6-10(15(16,17)18)2-3-12(11)19-14/h2-3,6,9,19H,4-5,7-8H2,1H3/t9-,14?/m0/s1. The summed E-state index contributed by atoms with van der Waals surface area (Å²) in [6.45, 7) is 2.22. The highest BCUT2D eigenvalue weighted by Gasteiger charge is 2.62. The van der Waals surface area contributed by atoms with E-state index in [9.17, 15) is 13.2 Å². The van der Waals surface area contributed by atoms with Gasteiger partial charge >= 0.3 is 6.18 Å². The Morgan fingerprint density at radius 1 is 1.26 bits per heavy atom. The van der Waals surface area contributed by atoms with Gasteiger partial charge in [-0.05, 0) is 60.8 Å². The molecule has 2 saturated carbocycles. The molecule has 2 aliphatic carbocycles.